The van der Waals surface area contributed by atoms with Crippen molar-refractivity contribution in [3.8, 4) is 0 Å². The molecule has 0 aliphatic carbocycles. The Labute approximate surface area is 72.7 Å². The van der Waals surface area contributed by atoms with Crippen LogP contribution in [0, 0.1) is 17.0 Å². The molecule has 0 bridgehead atoms. The van der Waals surface area contributed by atoms with E-state index in [9.17, 15) is 20.0 Å². The number of carboxylic acid groups (broad SMARTS) is 1. The van der Waals surface area contributed by atoms with Gasteiger partial charge in [-0.2, -0.15) is 5.10 Å². The van der Waals surface area contributed by atoms with E-state index in [0.29, 0.717) is 0 Å². The molecule has 1 aromatic heterocycles. The van der Waals surface area contributed by atoms with E-state index in [1.807, 2.05) is 0 Å². The number of rotatable bonds is 3. The minimum Gasteiger partial charge on any atom is -0.548 e. The molecule has 0 amide bonds. The van der Waals surface area contributed by atoms with E-state index in [1.54, 1.807) is 0 Å². The summed E-state index contributed by atoms with van der Waals surface area (Å²) in [6.07, 6.45) is 1.01. The van der Waals surface area contributed by atoms with Crippen LogP contribution in [-0.4, -0.2) is 20.7 Å². The monoisotopic (exact) mass is 184 g/mol. The van der Waals surface area contributed by atoms with Crippen LogP contribution in [0.15, 0.2) is 6.20 Å². The maximum atomic E-state index is 10.3. The number of nitro groups is 1. The molecule has 70 valence electrons. The molecule has 0 atom stereocenters. The van der Waals surface area contributed by atoms with Gasteiger partial charge in [-0.15, -0.1) is 0 Å². The van der Waals surface area contributed by atoms with Gasteiger partial charge in [-0.05, 0) is 6.92 Å². The molecule has 1 heterocycles. The Morgan fingerprint density at radius 1 is 1.77 bits per heavy atom. The molecule has 13 heavy (non-hydrogen) atoms. The Morgan fingerprint density at radius 2 is 2.38 bits per heavy atom. The zero-order valence-corrected chi connectivity index (χ0v) is 6.76. The molecule has 7 heteroatoms. The predicted molar refractivity (Wildman–Crippen MR) is 38.6 cm³/mol. The van der Waals surface area contributed by atoms with Crippen LogP contribution in [0.25, 0.3) is 0 Å². The highest BCUT2D eigenvalue weighted by Gasteiger charge is 2.15. The maximum Gasteiger partial charge on any atom is 0.309 e. The summed E-state index contributed by atoms with van der Waals surface area (Å²) in [4.78, 5) is 19.9. The fraction of sp³-hybridized carbons (Fsp3) is 0.333. The van der Waals surface area contributed by atoms with E-state index in [0.717, 1.165) is 10.9 Å². The molecule has 0 N–H and O–H groups in total. The van der Waals surface area contributed by atoms with Gasteiger partial charge in [0.1, 0.15) is 11.9 Å². The van der Waals surface area contributed by atoms with Gasteiger partial charge in [-0.3, -0.25) is 14.8 Å². The van der Waals surface area contributed by atoms with Gasteiger partial charge >= 0.3 is 5.69 Å². The second-order valence-corrected chi connectivity index (χ2v) is 2.40. The molecule has 0 radical (unpaired) electrons. The number of hydrogen-bond donors (Lipinski definition) is 0. The van der Waals surface area contributed by atoms with Crippen LogP contribution < -0.4 is 5.11 Å². The zero-order valence-electron chi connectivity index (χ0n) is 6.76. The minimum absolute atomic E-state index is 0.193. The van der Waals surface area contributed by atoms with E-state index >= 15 is 0 Å². The van der Waals surface area contributed by atoms with Gasteiger partial charge in [0.25, 0.3) is 0 Å². The van der Waals surface area contributed by atoms with Gasteiger partial charge in [-0.25, -0.2) is 0 Å². The van der Waals surface area contributed by atoms with Crippen LogP contribution in [0.3, 0.4) is 0 Å². The van der Waals surface area contributed by atoms with Crippen LogP contribution in [0.2, 0.25) is 0 Å². The van der Waals surface area contributed by atoms with Gasteiger partial charge in [0, 0.05) is 0 Å². The molecule has 7 nitrogen and oxygen atoms in total. The van der Waals surface area contributed by atoms with Crippen molar-refractivity contribution in [3.63, 3.8) is 0 Å². The molecule has 0 spiro atoms. The Bertz CT molecular complexity index is 357. The normalized spacial score (nSPS) is 9.92. The first-order chi connectivity index (χ1) is 6.02. The van der Waals surface area contributed by atoms with Crippen molar-refractivity contribution < 1.29 is 14.8 Å². The van der Waals surface area contributed by atoms with Crippen molar-refractivity contribution in [2.75, 3.05) is 0 Å². The molecular formula is C6H6N3O4-. The third kappa shape index (κ3) is 1.81. The molecule has 0 fully saturated rings. The highest BCUT2D eigenvalue weighted by Crippen LogP contribution is 2.15. The van der Waals surface area contributed by atoms with Gasteiger partial charge in [0.2, 0.25) is 0 Å². The standard InChI is InChI=1S/C6H7N3O4/c1-4-5(9(12)13)2-7-8(4)3-6(10)11/h2H,3H2,1H3,(H,10,11)/p-1. The van der Waals surface area contributed by atoms with Crippen molar-refractivity contribution in [2.45, 2.75) is 13.5 Å². The Hall–Kier alpha value is -1.92. The van der Waals surface area contributed by atoms with Crippen molar-refractivity contribution >= 4 is 11.7 Å². The minimum atomic E-state index is -1.33. The van der Waals surface area contributed by atoms with Gasteiger partial charge in [0.05, 0.1) is 17.4 Å². The molecule has 0 unspecified atom stereocenters. The first-order valence-electron chi connectivity index (χ1n) is 3.39. The molecule has 0 aliphatic rings. The molecule has 1 rings (SSSR count). The second kappa shape index (κ2) is 3.21. The lowest BCUT2D eigenvalue weighted by atomic mass is 10.4. The van der Waals surface area contributed by atoms with Crippen molar-refractivity contribution in [2.24, 2.45) is 0 Å². The first kappa shape index (κ1) is 9.17. The lowest BCUT2D eigenvalue weighted by Gasteiger charge is -2.02. The number of aliphatic carboxylic acids is 1. The van der Waals surface area contributed by atoms with Gasteiger partial charge in [-0.1, -0.05) is 0 Å². The van der Waals surface area contributed by atoms with Crippen LogP contribution in [-0.2, 0) is 11.3 Å². The first-order valence-corrected chi connectivity index (χ1v) is 3.39. The lowest BCUT2D eigenvalue weighted by molar-refractivity contribution is -0.385. The molecule has 0 aromatic carbocycles. The van der Waals surface area contributed by atoms with Crippen LogP contribution in [0.4, 0.5) is 5.69 Å². The SMILES string of the molecule is Cc1c([N+](=O)[O-])cnn1CC(=O)[O-]. The largest absolute Gasteiger partial charge is 0.548 e. The Kier molecular flexibility index (Phi) is 2.27. The number of carboxylic acids is 1. The summed E-state index contributed by atoms with van der Waals surface area (Å²) in [6, 6.07) is 0. The summed E-state index contributed by atoms with van der Waals surface area (Å²) in [5, 5.41) is 24.0. The number of carbonyl (C=O) groups excluding carboxylic acids is 1. The fourth-order valence-corrected chi connectivity index (χ4v) is 0.898. The number of nitrogens with zero attached hydrogens (tertiary/aromatic N) is 3. The number of hydrogen-bond acceptors (Lipinski definition) is 5. The summed E-state index contributed by atoms with van der Waals surface area (Å²) in [6.45, 7) is 0.952. The highest BCUT2D eigenvalue weighted by molar-refractivity contribution is 5.64. The Balaban J connectivity index is 2.99. The summed E-state index contributed by atoms with van der Waals surface area (Å²) in [5.74, 6) is -1.33. The lowest BCUT2D eigenvalue weighted by Crippen LogP contribution is -2.28. The molecule has 0 saturated carbocycles. The molecule has 1 aromatic rings. The summed E-state index contributed by atoms with van der Waals surface area (Å²) >= 11 is 0. The van der Waals surface area contributed by atoms with E-state index < -0.39 is 17.4 Å². The summed E-state index contributed by atoms with van der Waals surface area (Å²) in [5.41, 5.74) is 0.00968. The van der Waals surface area contributed by atoms with Crippen molar-refractivity contribution in [3.05, 3.63) is 22.0 Å². The number of aromatic nitrogens is 2. The van der Waals surface area contributed by atoms with Gasteiger partial charge < -0.3 is 9.90 Å². The van der Waals surface area contributed by atoms with E-state index in [2.05, 4.69) is 5.10 Å². The Morgan fingerprint density at radius 3 is 2.77 bits per heavy atom. The van der Waals surface area contributed by atoms with Gasteiger partial charge in [0.15, 0.2) is 0 Å². The van der Waals surface area contributed by atoms with Crippen LogP contribution >= 0.6 is 0 Å². The van der Waals surface area contributed by atoms with Crippen molar-refractivity contribution in [1.82, 2.24) is 9.78 Å². The summed E-state index contributed by atoms with van der Waals surface area (Å²) < 4.78 is 1.01. The average Bonchev–Trinajstić information content (AvgIpc) is 2.32. The number of carbonyl (C=O) groups is 1. The molecule has 0 aliphatic heterocycles. The smallest absolute Gasteiger partial charge is 0.309 e. The third-order valence-electron chi connectivity index (χ3n) is 1.55. The van der Waals surface area contributed by atoms with Crippen LogP contribution in [0.5, 0.6) is 0 Å². The van der Waals surface area contributed by atoms with E-state index in [1.165, 1.54) is 6.92 Å². The fourth-order valence-electron chi connectivity index (χ4n) is 0.898. The van der Waals surface area contributed by atoms with E-state index in [4.69, 9.17) is 0 Å². The van der Waals surface area contributed by atoms with Crippen molar-refractivity contribution in [1.29, 1.82) is 0 Å². The predicted octanol–water partition coefficient (Wildman–Crippen LogP) is -1.15. The average molecular weight is 184 g/mol. The van der Waals surface area contributed by atoms with Crippen LogP contribution in [0.1, 0.15) is 5.69 Å². The zero-order chi connectivity index (χ0) is 10.0. The third-order valence-corrected chi connectivity index (χ3v) is 1.55. The topological polar surface area (TPSA) is 101 Å². The van der Waals surface area contributed by atoms with E-state index in [-0.39, 0.29) is 11.4 Å². The molecular weight excluding hydrogens is 178 g/mol. The second-order valence-electron chi connectivity index (χ2n) is 2.40. The maximum absolute atomic E-state index is 10.3. The highest BCUT2D eigenvalue weighted by atomic mass is 16.6. The molecule has 0 saturated heterocycles. The summed E-state index contributed by atoms with van der Waals surface area (Å²) in [7, 11) is 0. The quantitative estimate of drug-likeness (QED) is 0.436.